The van der Waals surface area contributed by atoms with Crippen molar-refractivity contribution in [3.05, 3.63) is 59.2 Å². The average molecular weight is 585 g/mol. The lowest BCUT2D eigenvalue weighted by Gasteiger charge is -2.31. The molecule has 40 heavy (non-hydrogen) atoms. The molecule has 1 saturated carbocycles. The zero-order valence-electron chi connectivity index (χ0n) is 25.0. The number of amides is 1. The normalized spacial score (nSPS) is 15.6. The molecule has 2 aromatic carbocycles. The summed E-state index contributed by atoms with van der Waals surface area (Å²) in [5.41, 5.74) is 4.86. The predicted molar refractivity (Wildman–Crippen MR) is 172 cm³/mol. The minimum absolute atomic E-state index is 0.244. The number of methoxy groups -OCH3 is 1. The minimum Gasteiger partial charge on any atom is -0.467 e. The molecule has 1 aliphatic rings. The molecule has 0 aromatic heterocycles. The molecule has 0 saturated heterocycles. The average Bonchev–Trinajstić information content (AvgIpc) is 2.97. The quantitative estimate of drug-likeness (QED) is 0.223. The van der Waals surface area contributed by atoms with Crippen LogP contribution in [-0.4, -0.2) is 66.5 Å². The first-order valence-electron chi connectivity index (χ1n) is 14.7. The highest BCUT2D eigenvalue weighted by molar-refractivity contribution is 7.98. The Morgan fingerprint density at radius 3 is 2.48 bits per heavy atom. The van der Waals surface area contributed by atoms with E-state index in [2.05, 4.69) is 54.6 Å². The van der Waals surface area contributed by atoms with E-state index in [9.17, 15) is 9.59 Å². The van der Waals surface area contributed by atoms with E-state index in [1.807, 2.05) is 36.2 Å². The maximum Gasteiger partial charge on any atom is 0.328 e. The maximum atomic E-state index is 13.6. The van der Waals surface area contributed by atoms with Gasteiger partial charge in [0.25, 0.3) is 5.91 Å². The fourth-order valence-electron chi connectivity index (χ4n) is 5.71. The third kappa shape index (κ3) is 9.56. The first-order valence-corrected chi connectivity index (χ1v) is 17.5. The fraction of sp³-hybridized carbons (Fsp3) is 0.576. The molecule has 0 aliphatic heterocycles. The Balaban J connectivity index is 1.90. The summed E-state index contributed by atoms with van der Waals surface area (Å²) in [6.45, 7) is 6.37. The van der Waals surface area contributed by atoms with Crippen molar-refractivity contribution in [1.29, 1.82) is 0 Å². The molecule has 1 aliphatic carbocycles. The maximum absolute atomic E-state index is 13.6. The van der Waals surface area contributed by atoms with Crippen molar-refractivity contribution in [2.75, 3.05) is 37.7 Å². The highest BCUT2D eigenvalue weighted by Crippen LogP contribution is 2.30. The van der Waals surface area contributed by atoms with E-state index in [1.54, 1.807) is 11.8 Å². The zero-order chi connectivity index (χ0) is 28.9. The largest absolute Gasteiger partial charge is 0.467 e. The standard InChI is InChI=1S/C33H48N2O3S2/c1-24-11-9-10-14-28(24)30-21-27(15-16-29(30)32(36)34-31(18-20-39-4)33(37)38-3)22-35(25(2)23-40-5)19-17-26-12-7-6-8-13-26/h9-11,14-16,21,25-26,31H,6-8,12-13,17-20,22-23H2,1-5H3,(H,34,36). The first-order chi connectivity index (χ1) is 19.4. The van der Waals surface area contributed by atoms with Gasteiger partial charge in [-0.1, -0.05) is 62.4 Å². The lowest BCUT2D eigenvalue weighted by Crippen LogP contribution is -2.42. The van der Waals surface area contributed by atoms with Crippen molar-refractivity contribution in [2.24, 2.45) is 5.92 Å². The van der Waals surface area contributed by atoms with Crippen LogP contribution in [0.4, 0.5) is 0 Å². The highest BCUT2D eigenvalue weighted by atomic mass is 32.2. The number of rotatable bonds is 15. The molecule has 1 amide bonds. The van der Waals surface area contributed by atoms with E-state index in [1.165, 1.54) is 51.2 Å². The zero-order valence-corrected chi connectivity index (χ0v) is 26.7. The number of carbonyl (C=O) groups is 2. The minimum atomic E-state index is -0.669. The van der Waals surface area contributed by atoms with Crippen molar-refractivity contribution >= 4 is 35.4 Å². The van der Waals surface area contributed by atoms with Crippen LogP contribution in [0.5, 0.6) is 0 Å². The van der Waals surface area contributed by atoms with Gasteiger partial charge in [0.2, 0.25) is 0 Å². The molecule has 0 heterocycles. The molecule has 3 rings (SSSR count). The van der Waals surface area contributed by atoms with Gasteiger partial charge in [0, 0.05) is 23.9 Å². The Hall–Kier alpha value is -1.96. The molecular weight excluding hydrogens is 537 g/mol. The van der Waals surface area contributed by atoms with Crippen LogP contribution in [-0.2, 0) is 16.1 Å². The van der Waals surface area contributed by atoms with Gasteiger partial charge >= 0.3 is 5.97 Å². The van der Waals surface area contributed by atoms with E-state index in [0.29, 0.717) is 18.0 Å². The Bertz CT molecular complexity index is 1090. The number of nitrogens with zero attached hydrogens (tertiary/aromatic N) is 1. The molecule has 2 aromatic rings. The third-order valence-corrected chi connectivity index (χ3v) is 9.59. The van der Waals surface area contributed by atoms with Gasteiger partial charge in [-0.2, -0.15) is 23.5 Å². The van der Waals surface area contributed by atoms with Crippen LogP contribution in [0.25, 0.3) is 11.1 Å². The number of ether oxygens (including phenoxy) is 1. The number of hydrogen-bond acceptors (Lipinski definition) is 6. The van der Waals surface area contributed by atoms with Gasteiger partial charge < -0.3 is 10.1 Å². The van der Waals surface area contributed by atoms with Crippen LogP contribution in [0, 0.1) is 12.8 Å². The smallest absolute Gasteiger partial charge is 0.328 e. The summed E-state index contributed by atoms with van der Waals surface area (Å²) in [5.74, 6) is 2.05. The van der Waals surface area contributed by atoms with Crippen molar-refractivity contribution in [3.63, 3.8) is 0 Å². The Labute approximate surface area is 250 Å². The molecule has 1 fully saturated rings. The topological polar surface area (TPSA) is 58.6 Å². The van der Waals surface area contributed by atoms with E-state index in [-0.39, 0.29) is 5.91 Å². The van der Waals surface area contributed by atoms with Crippen molar-refractivity contribution in [1.82, 2.24) is 10.2 Å². The van der Waals surface area contributed by atoms with Crippen molar-refractivity contribution in [2.45, 2.75) is 77.4 Å². The molecule has 5 nitrogen and oxygen atoms in total. The molecule has 7 heteroatoms. The molecule has 0 radical (unpaired) electrons. The summed E-state index contributed by atoms with van der Waals surface area (Å²) in [7, 11) is 1.37. The molecule has 220 valence electrons. The van der Waals surface area contributed by atoms with Crippen LogP contribution < -0.4 is 5.32 Å². The number of nitrogens with one attached hydrogen (secondary N) is 1. The monoisotopic (exact) mass is 584 g/mol. The molecule has 0 spiro atoms. The predicted octanol–water partition coefficient (Wildman–Crippen LogP) is 7.21. The SMILES string of the molecule is COC(=O)C(CCSC)NC(=O)c1ccc(CN(CCC2CCCCC2)C(C)CSC)cc1-c1ccccc1C. The van der Waals surface area contributed by atoms with E-state index >= 15 is 0 Å². The van der Waals surface area contributed by atoms with Gasteiger partial charge in [-0.25, -0.2) is 4.79 Å². The second-order valence-electron chi connectivity index (χ2n) is 11.1. The molecular formula is C33H48N2O3S2. The summed E-state index contributed by atoms with van der Waals surface area (Å²) in [5, 5.41) is 2.96. The summed E-state index contributed by atoms with van der Waals surface area (Å²) >= 11 is 3.54. The first kappa shape index (κ1) is 32.6. The van der Waals surface area contributed by atoms with Crippen LogP contribution >= 0.6 is 23.5 Å². The second-order valence-corrected chi connectivity index (χ2v) is 13.0. The van der Waals surface area contributed by atoms with Gasteiger partial charge in [0.1, 0.15) is 6.04 Å². The summed E-state index contributed by atoms with van der Waals surface area (Å²) in [6.07, 6.45) is 12.8. The van der Waals surface area contributed by atoms with Crippen LogP contribution in [0.1, 0.15) is 73.4 Å². The van der Waals surface area contributed by atoms with Gasteiger partial charge in [-0.3, -0.25) is 9.69 Å². The van der Waals surface area contributed by atoms with Crippen LogP contribution in [0.2, 0.25) is 0 Å². The van der Waals surface area contributed by atoms with E-state index in [4.69, 9.17) is 4.74 Å². The summed E-state index contributed by atoms with van der Waals surface area (Å²) in [6, 6.07) is 14.2. The number of aryl methyl sites for hydroxylation is 1. The van der Waals surface area contributed by atoms with Crippen LogP contribution in [0.3, 0.4) is 0 Å². The lowest BCUT2D eigenvalue weighted by atomic mass is 9.87. The number of hydrogen-bond donors (Lipinski definition) is 1. The number of benzene rings is 2. The van der Waals surface area contributed by atoms with Gasteiger partial charge in [0.05, 0.1) is 7.11 Å². The van der Waals surface area contributed by atoms with Crippen molar-refractivity contribution < 1.29 is 14.3 Å². The Morgan fingerprint density at radius 2 is 1.80 bits per heavy atom. The van der Waals surface area contributed by atoms with E-state index < -0.39 is 12.0 Å². The van der Waals surface area contributed by atoms with E-state index in [0.717, 1.165) is 47.2 Å². The Kier molecular flexibility index (Phi) is 13.9. The number of thioether (sulfide) groups is 2. The molecule has 1 N–H and O–H groups in total. The number of esters is 1. The van der Waals surface area contributed by atoms with Gasteiger partial charge in [-0.15, -0.1) is 0 Å². The number of carbonyl (C=O) groups excluding carboxylic acids is 2. The van der Waals surface area contributed by atoms with Crippen molar-refractivity contribution in [3.8, 4) is 11.1 Å². The molecule has 0 bridgehead atoms. The summed E-state index contributed by atoms with van der Waals surface area (Å²) < 4.78 is 4.98. The fourth-order valence-corrected chi connectivity index (χ4v) is 6.87. The van der Waals surface area contributed by atoms with Gasteiger partial charge in [0.15, 0.2) is 0 Å². The molecule has 2 atom stereocenters. The highest BCUT2D eigenvalue weighted by Gasteiger charge is 2.25. The Morgan fingerprint density at radius 1 is 1.05 bits per heavy atom. The lowest BCUT2D eigenvalue weighted by molar-refractivity contribution is -0.142. The van der Waals surface area contributed by atoms with Gasteiger partial charge in [-0.05, 0) is 91.8 Å². The summed E-state index contributed by atoms with van der Waals surface area (Å²) in [4.78, 5) is 28.6. The molecule has 2 unspecified atom stereocenters. The van der Waals surface area contributed by atoms with Crippen LogP contribution in [0.15, 0.2) is 42.5 Å². The third-order valence-electron chi connectivity index (χ3n) is 8.13. The second kappa shape index (κ2) is 17.1.